The highest BCUT2D eigenvalue weighted by Crippen LogP contribution is 2.15. The van der Waals surface area contributed by atoms with Gasteiger partial charge in [0.15, 0.2) is 6.10 Å². The van der Waals surface area contributed by atoms with Crippen LogP contribution < -0.4 is 5.32 Å². The molecule has 0 aliphatic rings. The van der Waals surface area contributed by atoms with Gasteiger partial charge in [-0.25, -0.2) is 13.6 Å². The maximum atomic E-state index is 13.5. The van der Waals surface area contributed by atoms with Crippen molar-refractivity contribution in [2.45, 2.75) is 13.0 Å². The molecule has 2 aromatic carbocycles. The van der Waals surface area contributed by atoms with Crippen molar-refractivity contribution < 1.29 is 23.1 Å². The molecule has 122 valence electrons. The zero-order valence-corrected chi connectivity index (χ0v) is 12.5. The van der Waals surface area contributed by atoms with E-state index < -0.39 is 35.2 Å². The third kappa shape index (κ3) is 3.93. The van der Waals surface area contributed by atoms with Gasteiger partial charge in [-0.3, -0.25) is 4.79 Å². The summed E-state index contributed by atoms with van der Waals surface area (Å²) in [4.78, 5) is 23.8. The summed E-state index contributed by atoms with van der Waals surface area (Å²) in [5, 5.41) is 11.2. The molecule has 0 spiro atoms. The lowest BCUT2D eigenvalue weighted by Crippen LogP contribution is -2.30. The molecule has 0 unspecified atom stereocenters. The minimum absolute atomic E-state index is 0.388. The zero-order chi connectivity index (χ0) is 17.7. The monoisotopic (exact) mass is 330 g/mol. The minimum atomic E-state index is -1.27. The van der Waals surface area contributed by atoms with Crippen LogP contribution in [0.4, 0.5) is 14.5 Å². The number of esters is 1. The molecule has 1 amide bonds. The first kappa shape index (κ1) is 17.1. The maximum absolute atomic E-state index is 13.5. The predicted octanol–water partition coefficient (Wildman–Crippen LogP) is 3.02. The molecule has 0 fully saturated rings. The van der Waals surface area contributed by atoms with E-state index in [0.29, 0.717) is 11.3 Å². The van der Waals surface area contributed by atoms with E-state index in [1.165, 1.54) is 31.2 Å². The number of nitrogens with one attached hydrogen (secondary N) is 1. The zero-order valence-electron chi connectivity index (χ0n) is 12.5. The minimum Gasteiger partial charge on any atom is -0.449 e. The first-order chi connectivity index (χ1) is 11.4. The quantitative estimate of drug-likeness (QED) is 0.874. The molecule has 5 nitrogen and oxygen atoms in total. The molecule has 2 aromatic rings. The van der Waals surface area contributed by atoms with Gasteiger partial charge in [0.05, 0.1) is 11.6 Å². The molecular weight excluding hydrogens is 318 g/mol. The van der Waals surface area contributed by atoms with Crippen LogP contribution in [0, 0.1) is 23.0 Å². The molecule has 24 heavy (non-hydrogen) atoms. The Bertz CT molecular complexity index is 793. The average molecular weight is 330 g/mol. The van der Waals surface area contributed by atoms with Gasteiger partial charge in [-0.15, -0.1) is 0 Å². The molecule has 1 N–H and O–H groups in total. The largest absolute Gasteiger partial charge is 0.449 e. The van der Waals surface area contributed by atoms with Crippen molar-refractivity contribution in [3.8, 4) is 6.07 Å². The van der Waals surface area contributed by atoms with E-state index in [-0.39, 0.29) is 0 Å². The fourth-order valence-electron chi connectivity index (χ4n) is 1.84. The van der Waals surface area contributed by atoms with Gasteiger partial charge in [0, 0.05) is 5.69 Å². The second-order valence-electron chi connectivity index (χ2n) is 4.82. The lowest BCUT2D eigenvalue weighted by molar-refractivity contribution is -0.123. The topological polar surface area (TPSA) is 79.2 Å². The van der Waals surface area contributed by atoms with E-state index in [1.807, 2.05) is 6.07 Å². The van der Waals surface area contributed by atoms with Gasteiger partial charge in [0.25, 0.3) is 5.91 Å². The van der Waals surface area contributed by atoms with E-state index >= 15 is 0 Å². The number of anilines is 1. The summed E-state index contributed by atoms with van der Waals surface area (Å²) in [7, 11) is 0. The number of amides is 1. The number of hydrogen-bond acceptors (Lipinski definition) is 4. The Morgan fingerprint density at radius 3 is 2.25 bits per heavy atom. The number of ether oxygens (including phenoxy) is 1. The smallest absolute Gasteiger partial charge is 0.344 e. The summed E-state index contributed by atoms with van der Waals surface area (Å²) < 4.78 is 31.8. The summed E-state index contributed by atoms with van der Waals surface area (Å²) in [6.07, 6.45) is -1.27. The van der Waals surface area contributed by atoms with Crippen molar-refractivity contribution in [2.24, 2.45) is 0 Å². The number of rotatable bonds is 4. The number of hydrogen-bond donors (Lipinski definition) is 1. The molecule has 0 aliphatic heterocycles. The number of carbonyl (C=O) groups excluding carboxylic acids is 2. The Morgan fingerprint density at radius 2 is 1.71 bits per heavy atom. The average Bonchev–Trinajstić information content (AvgIpc) is 2.55. The van der Waals surface area contributed by atoms with Crippen LogP contribution in [-0.4, -0.2) is 18.0 Å². The molecule has 0 bridgehead atoms. The summed E-state index contributed by atoms with van der Waals surface area (Å²) >= 11 is 0. The SMILES string of the molecule is C[C@@H](OC(=O)c1c(F)cccc1F)C(=O)Nc1ccc(C#N)cc1. The summed E-state index contributed by atoms with van der Waals surface area (Å²) in [6.45, 7) is 1.27. The second kappa shape index (κ2) is 7.33. The van der Waals surface area contributed by atoms with Gasteiger partial charge in [0.1, 0.15) is 17.2 Å². The van der Waals surface area contributed by atoms with Gasteiger partial charge >= 0.3 is 5.97 Å². The van der Waals surface area contributed by atoms with Crippen molar-refractivity contribution in [2.75, 3.05) is 5.32 Å². The van der Waals surface area contributed by atoms with Crippen molar-refractivity contribution in [1.29, 1.82) is 5.26 Å². The highest BCUT2D eigenvalue weighted by Gasteiger charge is 2.24. The van der Waals surface area contributed by atoms with Crippen LogP contribution in [0.15, 0.2) is 42.5 Å². The Kier molecular flexibility index (Phi) is 5.22. The van der Waals surface area contributed by atoms with Gasteiger partial charge < -0.3 is 10.1 Å². The van der Waals surface area contributed by atoms with Crippen LogP contribution in [-0.2, 0) is 9.53 Å². The first-order valence-electron chi connectivity index (χ1n) is 6.88. The van der Waals surface area contributed by atoms with E-state index in [4.69, 9.17) is 10.00 Å². The Hall–Kier alpha value is -3.27. The summed E-state index contributed by atoms with van der Waals surface area (Å²) in [5.41, 5.74) is -0.0444. The lowest BCUT2D eigenvalue weighted by Gasteiger charge is -2.14. The molecule has 7 heteroatoms. The van der Waals surface area contributed by atoms with Gasteiger partial charge in [0.2, 0.25) is 0 Å². The molecule has 0 saturated heterocycles. The van der Waals surface area contributed by atoms with E-state index in [2.05, 4.69) is 5.32 Å². The van der Waals surface area contributed by atoms with Crippen molar-refractivity contribution in [1.82, 2.24) is 0 Å². The lowest BCUT2D eigenvalue weighted by atomic mass is 10.2. The van der Waals surface area contributed by atoms with Crippen LogP contribution in [0.3, 0.4) is 0 Å². The fourth-order valence-corrected chi connectivity index (χ4v) is 1.84. The van der Waals surface area contributed by atoms with Gasteiger partial charge in [-0.2, -0.15) is 5.26 Å². The van der Waals surface area contributed by atoms with E-state index in [9.17, 15) is 18.4 Å². The van der Waals surface area contributed by atoms with E-state index in [0.717, 1.165) is 18.2 Å². The fraction of sp³-hybridized carbons (Fsp3) is 0.118. The Labute approximate surface area is 136 Å². The van der Waals surface area contributed by atoms with Gasteiger partial charge in [-0.1, -0.05) is 6.07 Å². The van der Waals surface area contributed by atoms with Crippen LogP contribution in [0.25, 0.3) is 0 Å². The van der Waals surface area contributed by atoms with Crippen molar-refractivity contribution in [3.05, 3.63) is 65.2 Å². The van der Waals surface area contributed by atoms with Crippen molar-refractivity contribution in [3.63, 3.8) is 0 Å². The van der Waals surface area contributed by atoms with Gasteiger partial charge in [-0.05, 0) is 43.3 Å². The molecular formula is C17H12F2N2O3. The Morgan fingerprint density at radius 1 is 1.12 bits per heavy atom. The molecule has 0 aromatic heterocycles. The number of nitriles is 1. The third-order valence-corrected chi connectivity index (χ3v) is 3.10. The van der Waals surface area contributed by atoms with Crippen LogP contribution in [0.1, 0.15) is 22.8 Å². The molecule has 0 aliphatic carbocycles. The maximum Gasteiger partial charge on any atom is 0.344 e. The number of halogens is 2. The Balaban J connectivity index is 2.03. The molecule has 2 rings (SSSR count). The number of nitrogens with zero attached hydrogens (tertiary/aromatic N) is 1. The molecule has 0 radical (unpaired) electrons. The number of carbonyl (C=O) groups is 2. The normalized spacial score (nSPS) is 11.2. The highest BCUT2D eigenvalue weighted by molar-refractivity contribution is 5.97. The van der Waals surface area contributed by atoms with Crippen LogP contribution in [0.2, 0.25) is 0 Å². The standard InChI is InChI=1S/C17H12F2N2O3/c1-10(16(22)21-12-7-5-11(9-20)6-8-12)24-17(23)15-13(18)3-2-4-14(15)19/h2-8,10H,1H3,(H,21,22)/t10-/m1/s1. The second-order valence-corrected chi connectivity index (χ2v) is 4.82. The van der Waals surface area contributed by atoms with Crippen LogP contribution in [0.5, 0.6) is 0 Å². The van der Waals surface area contributed by atoms with Crippen molar-refractivity contribution >= 4 is 17.6 Å². The summed E-state index contributed by atoms with van der Waals surface area (Å²) in [6, 6.07) is 10.9. The van der Waals surface area contributed by atoms with E-state index in [1.54, 1.807) is 0 Å². The molecule has 1 atom stereocenters. The third-order valence-electron chi connectivity index (χ3n) is 3.10. The predicted molar refractivity (Wildman–Crippen MR) is 81.0 cm³/mol. The first-order valence-corrected chi connectivity index (χ1v) is 6.88. The van der Waals surface area contributed by atoms with Crippen LogP contribution >= 0.6 is 0 Å². The highest BCUT2D eigenvalue weighted by atomic mass is 19.1. The molecule has 0 saturated carbocycles. The molecule has 0 heterocycles. The summed E-state index contributed by atoms with van der Waals surface area (Å²) in [5.74, 6) is -4.09. The number of benzene rings is 2.